The van der Waals surface area contributed by atoms with Gasteiger partial charge in [-0.3, -0.25) is 14.2 Å². The molecule has 23 heavy (non-hydrogen) atoms. The Kier molecular flexibility index (Phi) is 4.18. The Morgan fingerprint density at radius 2 is 1.91 bits per heavy atom. The first-order valence-electron chi connectivity index (χ1n) is 7.27. The Hall–Kier alpha value is -2.96. The first-order chi connectivity index (χ1) is 11.2. The summed E-state index contributed by atoms with van der Waals surface area (Å²) in [7, 11) is 0. The molecule has 0 saturated carbocycles. The number of anilines is 1. The van der Waals surface area contributed by atoms with Crippen LogP contribution in [0, 0.1) is 5.82 Å². The molecule has 0 aliphatic rings. The molecule has 0 unspecified atom stereocenters. The minimum Gasteiger partial charge on any atom is -0.304 e. The highest BCUT2D eigenvalue weighted by Crippen LogP contribution is 2.10. The minimum atomic E-state index is -0.326. The van der Waals surface area contributed by atoms with Crippen molar-refractivity contribution >= 4 is 11.7 Å². The molecule has 0 aliphatic heterocycles. The fourth-order valence-corrected chi connectivity index (χ4v) is 2.16. The van der Waals surface area contributed by atoms with Crippen LogP contribution < -0.4 is 5.32 Å². The average molecular weight is 313 g/mol. The molecule has 2 heterocycles. The van der Waals surface area contributed by atoms with Crippen LogP contribution in [0.1, 0.15) is 23.0 Å². The number of aromatic nitrogens is 4. The summed E-state index contributed by atoms with van der Waals surface area (Å²) < 4.78 is 16.9. The van der Waals surface area contributed by atoms with E-state index in [0.29, 0.717) is 30.2 Å². The zero-order chi connectivity index (χ0) is 16.2. The molecule has 0 saturated heterocycles. The second kappa shape index (κ2) is 6.43. The summed E-state index contributed by atoms with van der Waals surface area (Å²) in [6.45, 7) is 2.94. The first-order valence-corrected chi connectivity index (χ1v) is 7.27. The topological polar surface area (TPSA) is 64.7 Å². The van der Waals surface area contributed by atoms with Gasteiger partial charge in [-0.05, 0) is 19.1 Å². The Bertz CT molecular complexity index is 823. The maximum Gasteiger partial charge on any atom is 0.277 e. The molecule has 118 valence electrons. The van der Waals surface area contributed by atoms with Crippen molar-refractivity contribution in [2.75, 3.05) is 5.32 Å². The third kappa shape index (κ3) is 3.45. The van der Waals surface area contributed by atoms with Gasteiger partial charge in [-0.25, -0.2) is 4.39 Å². The van der Waals surface area contributed by atoms with Crippen LogP contribution in [0.2, 0.25) is 0 Å². The number of hydrogen-bond acceptors (Lipinski definition) is 3. The van der Waals surface area contributed by atoms with Crippen LogP contribution in [0.15, 0.2) is 48.8 Å². The molecule has 3 aromatic rings. The van der Waals surface area contributed by atoms with Crippen molar-refractivity contribution in [3.8, 4) is 0 Å². The van der Waals surface area contributed by atoms with Crippen LogP contribution in [0.4, 0.5) is 10.2 Å². The predicted molar refractivity (Wildman–Crippen MR) is 83.6 cm³/mol. The molecule has 1 N–H and O–H groups in total. The molecular formula is C16H16FN5O. The van der Waals surface area contributed by atoms with E-state index >= 15 is 0 Å². The molecule has 2 aromatic heterocycles. The summed E-state index contributed by atoms with van der Waals surface area (Å²) in [4.78, 5) is 12.1. The van der Waals surface area contributed by atoms with E-state index < -0.39 is 0 Å². The van der Waals surface area contributed by atoms with Crippen LogP contribution in [0.5, 0.6) is 0 Å². The van der Waals surface area contributed by atoms with Crippen LogP contribution in [-0.4, -0.2) is 25.5 Å². The molecule has 0 fully saturated rings. The third-order valence-electron chi connectivity index (χ3n) is 3.37. The molecule has 0 atom stereocenters. The molecular weight excluding hydrogens is 297 g/mol. The van der Waals surface area contributed by atoms with Crippen LogP contribution in [0.3, 0.4) is 0 Å². The highest BCUT2D eigenvalue weighted by Gasteiger charge is 2.11. The molecule has 1 aromatic carbocycles. The molecule has 0 bridgehead atoms. The first kappa shape index (κ1) is 15.0. The number of amides is 1. The van der Waals surface area contributed by atoms with Crippen molar-refractivity contribution in [3.05, 3.63) is 65.9 Å². The Balaban J connectivity index is 1.67. The normalized spacial score (nSPS) is 10.7. The van der Waals surface area contributed by atoms with Gasteiger partial charge in [-0.1, -0.05) is 18.2 Å². The largest absolute Gasteiger partial charge is 0.304 e. The van der Waals surface area contributed by atoms with Gasteiger partial charge in [-0.15, -0.1) is 0 Å². The minimum absolute atomic E-state index is 0.279. The van der Waals surface area contributed by atoms with Crippen molar-refractivity contribution in [1.29, 1.82) is 0 Å². The summed E-state index contributed by atoms with van der Waals surface area (Å²) in [5, 5.41) is 11.0. The fraction of sp³-hybridized carbons (Fsp3) is 0.188. The van der Waals surface area contributed by atoms with E-state index in [0.717, 1.165) is 0 Å². The second-order valence-electron chi connectivity index (χ2n) is 5.00. The van der Waals surface area contributed by atoms with Gasteiger partial charge in [0.05, 0.1) is 6.54 Å². The van der Waals surface area contributed by atoms with Gasteiger partial charge in [-0.2, -0.15) is 10.2 Å². The maximum atomic E-state index is 13.6. The number of nitrogens with one attached hydrogen (secondary N) is 1. The number of carbonyl (C=O) groups excluding carboxylic acids is 1. The van der Waals surface area contributed by atoms with Crippen LogP contribution in [-0.2, 0) is 13.1 Å². The number of aryl methyl sites for hydroxylation is 1. The lowest BCUT2D eigenvalue weighted by Crippen LogP contribution is -2.14. The zero-order valence-corrected chi connectivity index (χ0v) is 12.6. The van der Waals surface area contributed by atoms with Gasteiger partial charge in [0.1, 0.15) is 5.82 Å². The lowest BCUT2D eigenvalue weighted by Gasteiger charge is -2.03. The maximum absolute atomic E-state index is 13.6. The van der Waals surface area contributed by atoms with Crippen molar-refractivity contribution in [2.45, 2.75) is 20.0 Å². The van der Waals surface area contributed by atoms with Crippen molar-refractivity contribution < 1.29 is 9.18 Å². The van der Waals surface area contributed by atoms with Gasteiger partial charge < -0.3 is 5.32 Å². The van der Waals surface area contributed by atoms with Crippen molar-refractivity contribution in [1.82, 2.24) is 19.6 Å². The van der Waals surface area contributed by atoms with E-state index in [1.807, 2.05) is 6.92 Å². The number of nitrogens with zero attached hydrogens (tertiary/aromatic N) is 4. The summed E-state index contributed by atoms with van der Waals surface area (Å²) >= 11 is 0. The lowest BCUT2D eigenvalue weighted by molar-refractivity contribution is 0.102. The van der Waals surface area contributed by atoms with E-state index in [2.05, 4.69) is 15.5 Å². The number of carbonyl (C=O) groups is 1. The van der Waals surface area contributed by atoms with E-state index in [1.54, 1.807) is 52.1 Å². The zero-order valence-electron chi connectivity index (χ0n) is 12.6. The highest BCUT2D eigenvalue weighted by molar-refractivity contribution is 6.02. The van der Waals surface area contributed by atoms with E-state index in [-0.39, 0.29) is 11.7 Å². The molecule has 1 amide bonds. The number of rotatable bonds is 5. The second-order valence-corrected chi connectivity index (χ2v) is 5.00. The fourth-order valence-electron chi connectivity index (χ4n) is 2.16. The van der Waals surface area contributed by atoms with Crippen LogP contribution >= 0.6 is 0 Å². The summed E-state index contributed by atoms with van der Waals surface area (Å²) in [6.07, 6.45) is 3.43. The SMILES string of the molecule is CCn1ccc(C(=O)Nc2ccn(Cc3ccccc3F)n2)n1. The number of halogens is 1. The summed E-state index contributed by atoms with van der Waals surface area (Å²) in [5.41, 5.74) is 0.866. The van der Waals surface area contributed by atoms with Gasteiger partial charge in [0.15, 0.2) is 11.5 Å². The van der Waals surface area contributed by atoms with Gasteiger partial charge in [0.25, 0.3) is 5.91 Å². The molecule has 0 radical (unpaired) electrons. The van der Waals surface area contributed by atoms with Crippen LogP contribution in [0.25, 0.3) is 0 Å². The van der Waals surface area contributed by atoms with Crippen molar-refractivity contribution in [2.24, 2.45) is 0 Å². The smallest absolute Gasteiger partial charge is 0.277 e. The quantitative estimate of drug-likeness (QED) is 0.787. The summed E-state index contributed by atoms with van der Waals surface area (Å²) in [6, 6.07) is 9.83. The van der Waals surface area contributed by atoms with E-state index in [4.69, 9.17) is 0 Å². The third-order valence-corrected chi connectivity index (χ3v) is 3.37. The average Bonchev–Trinajstić information content (AvgIpc) is 3.19. The monoisotopic (exact) mass is 313 g/mol. The standard InChI is InChI=1S/C16H16FN5O/c1-2-21-9-7-14(19-21)16(23)18-15-8-10-22(20-15)11-12-5-3-4-6-13(12)17/h3-10H,2,11H2,1H3,(H,18,20,23). The molecule has 3 rings (SSSR count). The molecule has 0 spiro atoms. The van der Waals surface area contributed by atoms with Gasteiger partial charge in [0, 0.05) is 30.6 Å². The van der Waals surface area contributed by atoms with Gasteiger partial charge in [0.2, 0.25) is 0 Å². The molecule has 6 nitrogen and oxygen atoms in total. The highest BCUT2D eigenvalue weighted by atomic mass is 19.1. The predicted octanol–water partition coefficient (Wildman–Crippen LogP) is 2.54. The lowest BCUT2D eigenvalue weighted by atomic mass is 10.2. The van der Waals surface area contributed by atoms with Gasteiger partial charge >= 0.3 is 0 Å². The Morgan fingerprint density at radius 3 is 2.65 bits per heavy atom. The van der Waals surface area contributed by atoms with Crippen molar-refractivity contribution in [3.63, 3.8) is 0 Å². The molecule has 0 aliphatic carbocycles. The van der Waals surface area contributed by atoms with E-state index in [1.165, 1.54) is 6.07 Å². The molecule has 7 heteroatoms. The van der Waals surface area contributed by atoms with E-state index in [9.17, 15) is 9.18 Å². The Morgan fingerprint density at radius 1 is 1.13 bits per heavy atom. The number of benzene rings is 1. The number of hydrogen-bond donors (Lipinski definition) is 1. The summed E-state index contributed by atoms with van der Waals surface area (Å²) in [5.74, 6) is -0.204. The Labute approximate surface area is 132 Å².